The van der Waals surface area contributed by atoms with Crippen LogP contribution in [0.15, 0.2) is 24.3 Å². The highest BCUT2D eigenvalue weighted by Gasteiger charge is 2.01. The molecule has 0 saturated heterocycles. The zero-order valence-corrected chi connectivity index (χ0v) is 9.56. The quantitative estimate of drug-likeness (QED) is 0.740. The molecule has 14 heavy (non-hydrogen) atoms. The molecule has 0 unspecified atom stereocenters. The first kappa shape index (κ1) is 11.3. The highest BCUT2D eigenvalue weighted by Crippen LogP contribution is 2.07. The molecule has 0 atom stereocenters. The van der Waals surface area contributed by atoms with Gasteiger partial charge in [-0.2, -0.15) is 11.8 Å². The summed E-state index contributed by atoms with van der Waals surface area (Å²) in [5.74, 6) is 0.991. The Balaban J connectivity index is 2.41. The lowest BCUT2D eigenvalue weighted by Gasteiger charge is -2.01. The number of hydrogen-bond acceptors (Lipinski definition) is 2. The second kappa shape index (κ2) is 5.86. The van der Waals surface area contributed by atoms with Crippen molar-refractivity contribution in [2.45, 2.75) is 19.8 Å². The maximum Gasteiger partial charge on any atom is 0.143 e. The Bertz CT molecular complexity index is 307. The summed E-state index contributed by atoms with van der Waals surface area (Å²) in [5, 5.41) is 0. The predicted octanol–water partition coefficient (Wildman–Crippen LogP) is 2.86. The molecular formula is C12H16OS. The number of hydrogen-bond donors (Lipinski definition) is 0. The monoisotopic (exact) mass is 208 g/mol. The summed E-state index contributed by atoms with van der Waals surface area (Å²) < 4.78 is 0. The number of benzene rings is 1. The fourth-order valence-corrected chi connectivity index (χ4v) is 1.85. The number of thioether (sulfide) groups is 1. The van der Waals surface area contributed by atoms with Crippen LogP contribution in [-0.4, -0.2) is 17.8 Å². The SMILES string of the molecule is CSCC(=O)CCc1cccc(C)c1. The van der Waals surface area contributed by atoms with Crippen LogP contribution in [0, 0.1) is 6.92 Å². The van der Waals surface area contributed by atoms with E-state index in [9.17, 15) is 4.79 Å². The van der Waals surface area contributed by atoms with Gasteiger partial charge in [-0.25, -0.2) is 0 Å². The Labute approximate surface area is 89.9 Å². The normalized spacial score (nSPS) is 10.1. The molecule has 1 aromatic rings. The first-order valence-corrected chi connectivity index (χ1v) is 6.18. The van der Waals surface area contributed by atoms with Crippen molar-refractivity contribution in [3.05, 3.63) is 35.4 Å². The largest absolute Gasteiger partial charge is 0.299 e. The molecule has 0 spiro atoms. The maximum absolute atomic E-state index is 11.3. The van der Waals surface area contributed by atoms with Crippen LogP contribution >= 0.6 is 11.8 Å². The Morgan fingerprint density at radius 3 is 2.86 bits per heavy atom. The molecule has 0 aliphatic rings. The van der Waals surface area contributed by atoms with Crippen molar-refractivity contribution < 1.29 is 4.79 Å². The summed E-state index contributed by atoms with van der Waals surface area (Å²) in [6.45, 7) is 2.08. The van der Waals surface area contributed by atoms with Crippen molar-refractivity contribution >= 4 is 17.5 Å². The second-order valence-electron chi connectivity index (χ2n) is 3.46. The Morgan fingerprint density at radius 2 is 2.21 bits per heavy atom. The van der Waals surface area contributed by atoms with Crippen molar-refractivity contribution in [3.63, 3.8) is 0 Å². The third-order valence-corrected chi connectivity index (χ3v) is 2.69. The molecule has 0 N–H and O–H groups in total. The minimum absolute atomic E-state index is 0.346. The molecule has 0 bridgehead atoms. The van der Waals surface area contributed by atoms with Crippen molar-refractivity contribution in [2.75, 3.05) is 12.0 Å². The van der Waals surface area contributed by atoms with Crippen LogP contribution in [0.5, 0.6) is 0 Å². The van der Waals surface area contributed by atoms with Crippen LogP contribution in [0.3, 0.4) is 0 Å². The number of Topliss-reactive ketones (excluding diaryl/α,β-unsaturated/α-hetero) is 1. The summed E-state index contributed by atoms with van der Waals surface area (Å²) >= 11 is 1.60. The molecular weight excluding hydrogens is 192 g/mol. The topological polar surface area (TPSA) is 17.1 Å². The molecule has 0 aliphatic heterocycles. The predicted molar refractivity (Wildman–Crippen MR) is 62.9 cm³/mol. The van der Waals surface area contributed by atoms with Gasteiger partial charge in [-0.3, -0.25) is 4.79 Å². The van der Waals surface area contributed by atoms with Crippen molar-refractivity contribution in [2.24, 2.45) is 0 Å². The zero-order chi connectivity index (χ0) is 10.4. The van der Waals surface area contributed by atoms with E-state index < -0.39 is 0 Å². The highest BCUT2D eigenvalue weighted by atomic mass is 32.2. The molecule has 0 saturated carbocycles. The summed E-state index contributed by atoms with van der Waals surface area (Å²) in [4.78, 5) is 11.3. The van der Waals surface area contributed by atoms with E-state index in [4.69, 9.17) is 0 Å². The van der Waals surface area contributed by atoms with Crippen LogP contribution in [0.25, 0.3) is 0 Å². The fraction of sp³-hybridized carbons (Fsp3) is 0.417. The minimum atomic E-state index is 0.346. The maximum atomic E-state index is 11.3. The van der Waals surface area contributed by atoms with Gasteiger partial charge in [0.1, 0.15) is 5.78 Å². The van der Waals surface area contributed by atoms with Crippen LogP contribution in [0.2, 0.25) is 0 Å². The lowest BCUT2D eigenvalue weighted by molar-refractivity contribution is -0.116. The number of carbonyl (C=O) groups excluding carboxylic acids is 1. The number of ketones is 1. The van der Waals surface area contributed by atoms with Crippen LogP contribution in [0.1, 0.15) is 17.5 Å². The minimum Gasteiger partial charge on any atom is -0.299 e. The van der Waals surface area contributed by atoms with Crippen molar-refractivity contribution in [3.8, 4) is 0 Å². The van der Waals surface area contributed by atoms with Gasteiger partial charge in [0.05, 0.1) is 5.75 Å². The molecule has 76 valence electrons. The van der Waals surface area contributed by atoms with E-state index in [-0.39, 0.29) is 0 Å². The first-order valence-electron chi connectivity index (χ1n) is 4.78. The van der Waals surface area contributed by atoms with Gasteiger partial charge in [0.25, 0.3) is 0 Å². The van der Waals surface area contributed by atoms with Gasteiger partial charge in [-0.15, -0.1) is 0 Å². The number of rotatable bonds is 5. The standard InChI is InChI=1S/C12H16OS/c1-10-4-3-5-11(8-10)6-7-12(13)9-14-2/h3-5,8H,6-7,9H2,1-2H3. The molecule has 1 rings (SSSR count). The van der Waals surface area contributed by atoms with E-state index in [0.717, 1.165) is 6.42 Å². The Morgan fingerprint density at radius 1 is 1.43 bits per heavy atom. The second-order valence-corrected chi connectivity index (χ2v) is 4.33. The zero-order valence-electron chi connectivity index (χ0n) is 8.75. The third-order valence-electron chi connectivity index (χ3n) is 2.08. The highest BCUT2D eigenvalue weighted by molar-refractivity contribution is 7.99. The molecule has 0 aliphatic carbocycles. The van der Waals surface area contributed by atoms with E-state index >= 15 is 0 Å². The summed E-state index contributed by atoms with van der Waals surface area (Å²) in [6.07, 6.45) is 3.51. The third kappa shape index (κ3) is 3.97. The van der Waals surface area contributed by atoms with E-state index in [1.54, 1.807) is 11.8 Å². The summed E-state index contributed by atoms with van der Waals surface area (Å²) in [7, 11) is 0. The van der Waals surface area contributed by atoms with Crippen molar-refractivity contribution in [1.29, 1.82) is 0 Å². The Kier molecular flexibility index (Phi) is 4.74. The summed E-state index contributed by atoms with van der Waals surface area (Å²) in [6, 6.07) is 8.35. The van der Waals surface area contributed by atoms with Gasteiger partial charge < -0.3 is 0 Å². The van der Waals surface area contributed by atoms with Crippen LogP contribution in [-0.2, 0) is 11.2 Å². The van der Waals surface area contributed by atoms with Gasteiger partial charge in [-0.1, -0.05) is 29.8 Å². The van der Waals surface area contributed by atoms with Gasteiger partial charge >= 0.3 is 0 Å². The molecule has 0 amide bonds. The first-order chi connectivity index (χ1) is 6.72. The number of aryl methyl sites for hydroxylation is 2. The van der Waals surface area contributed by atoms with E-state index in [0.29, 0.717) is 18.0 Å². The molecule has 1 nitrogen and oxygen atoms in total. The summed E-state index contributed by atoms with van der Waals surface area (Å²) in [5.41, 5.74) is 2.53. The average Bonchev–Trinajstić information content (AvgIpc) is 2.15. The average molecular weight is 208 g/mol. The van der Waals surface area contributed by atoms with Gasteiger partial charge in [0.15, 0.2) is 0 Å². The van der Waals surface area contributed by atoms with Crippen molar-refractivity contribution in [1.82, 2.24) is 0 Å². The molecule has 1 aromatic carbocycles. The molecule has 0 fully saturated rings. The van der Waals surface area contributed by atoms with Gasteiger partial charge in [0, 0.05) is 6.42 Å². The van der Waals surface area contributed by atoms with E-state index in [2.05, 4.69) is 25.1 Å². The molecule has 2 heteroatoms. The fourth-order valence-electron chi connectivity index (χ4n) is 1.38. The van der Waals surface area contributed by atoms with Crippen LogP contribution < -0.4 is 0 Å². The molecule has 0 heterocycles. The number of carbonyl (C=O) groups is 1. The Hall–Kier alpha value is -0.760. The lowest BCUT2D eigenvalue weighted by atomic mass is 10.1. The molecule has 0 aromatic heterocycles. The van der Waals surface area contributed by atoms with Gasteiger partial charge in [0.2, 0.25) is 0 Å². The lowest BCUT2D eigenvalue weighted by Crippen LogP contribution is -2.02. The van der Waals surface area contributed by atoms with E-state index in [1.807, 2.05) is 12.3 Å². The smallest absolute Gasteiger partial charge is 0.143 e. The van der Waals surface area contributed by atoms with Gasteiger partial charge in [-0.05, 0) is 25.2 Å². The molecule has 0 radical (unpaired) electrons. The van der Waals surface area contributed by atoms with Crippen LogP contribution in [0.4, 0.5) is 0 Å². The van der Waals surface area contributed by atoms with E-state index in [1.165, 1.54) is 11.1 Å².